The number of nitrogens with zero attached hydrogens (tertiary/aromatic N) is 1. The Morgan fingerprint density at radius 3 is 2.42 bits per heavy atom. The summed E-state index contributed by atoms with van der Waals surface area (Å²) in [5.74, 6) is 0.626. The first-order valence-electron chi connectivity index (χ1n) is 5.70. The fourth-order valence-electron chi connectivity index (χ4n) is 1.65. The summed E-state index contributed by atoms with van der Waals surface area (Å²) in [5, 5.41) is 0.625. The Morgan fingerprint density at radius 1 is 1.37 bits per heavy atom. The number of nitrogens with one attached hydrogen (secondary N) is 1. The summed E-state index contributed by atoms with van der Waals surface area (Å²) in [4.78, 5) is 0. The van der Waals surface area contributed by atoms with Crippen molar-refractivity contribution in [2.45, 2.75) is 20.4 Å². The quantitative estimate of drug-likeness (QED) is 0.903. The van der Waals surface area contributed by atoms with Gasteiger partial charge in [0.05, 0.1) is 7.11 Å². The van der Waals surface area contributed by atoms with Crippen LogP contribution >= 0.6 is 11.6 Å². The second-order valence-electron chi connectivity index (χ2n) is 4.42. The SMILES string of the molecule is COc1cc(C)c(Cl)c(C)c1CNS(=O)(=O)N(C)C. The molecular formula is C12H19ClN2O3S. The third kappa shape index (κ3) is 3.60. The van der Waals surface area contributed by atoms with Crippen molar-refractivity contribution in [3.8, 4) is 5.75 Å². The van der Waals surface area contributed by atoms with E-state index in [-0.39, 0.29) is 6.54 Å². The zero-order chi connectivity index (χ0) is 14.8. The summed E-state index contributed by atoms with van der Waals surface area (Å²) in [5.41, 5.74) is 2.46. The average Bonchev–Trinajstić information content (AvgIpc) is 2.34. The normalized spacial score (nSPS) is 11.9. The van der Waals surface area contributed by atoms with Crippen LogP contribution in [0.3, 0.4) is 0 Å². The Bertz CT molecular complexity index is 571. The molecule has 1 aromatic rings. The van der Waals surface area contributed by atoms with Gasteiger partial charge in [-0.2, -0.15) is 17.4 Å². The van der Waals surface area contributed by atoms with Crippen molar-refractivity contribution in [1.29, 1.82) is 0 Å². The highest BCUT2D eigenvalue weighted by Gasteiger charge is 2.17. The lowest BCUT2D eigenvalue weighted by atomic mass is 10.0. The maximum absolute atomic E-state index is 11.7. The first-order valence-corrected chi connectivity index (χ1v) is 7.52. The van der Waals surface area contributed by atoms with E-state index < -0.39 is 10.2 Å². The molecule has 0 atom stereocenters. The lowest BCUT2D eigenvalue weighted by Gasteiger charge is -2.17. The van der Waals surface area contributed by atoms with Gasteiger partial charge in [-0.1, -0.05) is 11.6 Å². The van der Waals surface area contributed by atoms with Crippen LogP contribution in [0.25, 0.3) is 0 Å². The Balaban J connectivity index is 3.11. The Labute approximate surface area is 119 Å². The molecule has 0 radical (unpaired) electrons. The van der Waals surface area contributed by atoms with Crippen molar-refractivity contribution >= 4 is 21.8 Å². The highest BCUT2D eigenvalue weighted by molar-refractivity contribution is 7.87. The van der Waals surface area contributed by atoms with Gasteiger partial charge in [0.1, 0.15) is 5.75 Å². The minimum Gasteiger partial charge on any atom is -0.496 e. The van der Waals surface area contributed by atoms with Crippen LogP contribution in [0.15, 0.2) is 6.07 Å². The standard InChI is InChI=1S/C12H19ClN2O3S/c1-8-6-11(18-5)10(9(2)12(8)13)7-14-19(16,17)15(3)4/h6,14H,7H2,1-5H3. The maximum Gasteiger partial charge on any atom is 0.279 e. The molecule has 0 spiro atoms. The Kier molecular flexibility index (Phi) is 5.20. The first-order chi connectivity index (χ1) is 8.70. The highest BCUT2D eigenvalue weighted by atomic mass is 35.5. The first kappa shape index (κ1) is 16.2. The van der Waals surface area contributed by atoms with E-state index in [2.05, 4.69) is 4.72 Å². The van der Waals surface area contributed by atoms with Gasteiger partial charge in [0.15, 0.2) is 0 Å². The number of benzene rings is 1. The zero-order valence-electron chi connectivity index (χ0n) is 11.7. The highest BCUT2D eigenvalue weighted by Crippen LogP contribution is 2.31. The number of methoxy groups -OCH3 is 1. The summed E-state index contributed by atoms with van der Waals surface area (Å²) < 4.78 is 32.3. The largest absolute Gasteiger partial charge is 0.496 e. The number of hydrogen-bond acceptors (Lipinski definition) is 3. The van der Waals surface area contributed by atoms with Gasteiger partial charge in [-0.3, -0.25) is 0 Å². The van der Waals surface area contributed by atoms with Crippen LogP contribution in [-0.2, 0) is 16.8 Å². The van der Waals surface area contributed by atoms with Gasteiger partial charge in [-0.15, -0.1) is 0 Å². The van der Waals surface area contributed by atoms with Gasteiger partial charge < -0.3 is 4.74 Å². The molecule has 1 N–H and O–H groups in total. The van der Waals surface area contributed by atoms with E-state index in [0.29, 0.717) is 10.8 Å². The number of hydrogen-bond donors (Lipinski definition) is 1. The minimum absolute atomic E-state index is 0.134. The van der Waals surface area contributed by atoms with Crippen molar-refractivity contribution in [1.82, 2.24) is 9.03 Å². The van der Waals surface area contributed by atoms with Crippen LogP contribution in [0.4, 0.5) is 0 Å². The lowest BCUT2D eigenvalue weighted by molar-refractivity contribution is 0.408. The number of ether oxygens (including phenoxy) is 1. The molecule has 0 bridgehead atoms. The molecule has 5 nitrogen and oxygen atoms in total. The van der Waals surface area contributed by atoms with Crippen molar-refractivity contribution in [2.24, 2.45) is 0 Å². The van der Waals surface area contributed by atoms with E-state index in [0.717, 1.165) is 21.0 Å². The predicted molar refractivity (Wildman–Crippen MR) is 76.9 cm³/mol. The summed E-state index contributed by atoms with van der Waals surface area (Å²) in [6.07, 6.45) is 0. The topological polar surface area (TPSA) is 58.6 Å². The molecule has 108 valence electrons. The molecule has 19 heavy (non-hydrogen) atoms. The molecule has 0 aromatic heterocycles. The van der Waals surface area contributed by atoms with E-state index in [1.54, 1.807) is 13.2 Å². The monoisotopic (exact) mass is 306 g/mol. The molecule has 0 saturated heterocycles. The fraction of sp³-hybridized carbons (Fsp3) is 0.500. The summed E-state index contributed by atoms with van der Waals surface area (Å²) in [6, 6.07) is 1.80. The van der Waals surface area contributed by atoms with E-state index in [4.69, 9.17) is 16.3 Å². The molecule has 0 heterocycles. The minimum atomic E-state index is -3.48. The van der Waals surface area contributed by atoms with Crippen molar-refractivity contribution in [3.63, 3.8) is 0 Å². The van der Waals surface area contributed by atoms with Crippen LogP contribution in [-0.4, -0.2) is 33.9 Å². The predicted octanol–water partition coefficient (Wildman–Crippen LogP) is 1.86. The van der Waals surface area contributed by atoms with Crippen LogP contribution in [0.1, 0.15) is 16.7 Å². The van der Waals surface area contributed by atoms with Crippen molar-refractivity contribution in [2.75, 3.05) is 21.2 Å². The third-order valence-electron chi connectivity index (χ3n) is 2.91. The van der Waals surface area contributed by atoms with E-state index in [9.17, 15) is 8.42 Å². The number of halogens is 1. The third-order valence-corrected chi connectivity index (χ3v) is 4.96. The van der Waals surface area contributed by atoms with E-state index in [1.807, 2.05) is 13.8 Å². The molecule has 0 unspecified atom stereocenters. The van der Waals surface area contributed by atoms with Crippen LogP contribution in [0, 0.1) is 13.8 Å². The molecule has 0 aliphatic heterocycles. The van der Waals surface area contributed by atoms with Crippen molar-refractivity contribution < 1.29 is 13.2 Å². The van der Waals surface area contributed by atoms with Crippen LogP contribution in [0.2, 0.25) is 5.02 Å². The second kappa shape index (κ2) is 6.09. The van der Waals surface area contributed by atoms with Gasteiger partial charge in [0.2, 0.25) is 0 Å². The van der Waals surface area contributed by atoms with Gasteiger partial charge in [-0.25, -0.2) is 0 Å². The molecule has 7 heteroatoms. The molecular weight excluding hydrogens is 288 g/mol. The number of aryl methyl sites for hydroxylation is 1. The van der Waals surface area contributed by atoms with Gasteiger partial charge in [-0.05, 0) is 31.0 Å². The molecule has 0 amide bonds. The Morgan fingerprint density at radius 2 is 1.95 bits per heavy atom. The summed E-state index contributed by atoms with van der Waals surface area (Å²) in [6.45, 7) is 3.86. The fourth-order valence-corrected chi connectivity index (χ4v) is 2.41. The lowest BCUT2D eigenvalue weighted by Crippen LogP contribution is -2.35. The molecule has 0 saturated carbocycles. The zero-order valence-corrected chi connectivity index (χ0v) is 13.3. The smallest absolute Gasteiger partial charge is 0.279 e. The van der Waals surface area contributed by atoms with Gasteiger partial charge in [0.25, 0.3) is 10.2 Å². The van der Waals surface area contributed by atoms with E-state index in [1.165, 1.54) is 14.1 Å². The Hall–Kier alpha value is -0.820. The molecule has 0 aliphatic carbocycles. The van der Waals surface area contributed by atoms with Crippen LogP contribution in [0.5, 0.6) is 5.75 Å². The van der Waals surface area contributed by atoms with Gasteiger partial charge >= 0.3 is 0 Å². The second-order valence-corrected chi connectivity index (χ2v) is 6.77. The van der Waals surface area contributed by atoms with Crippen molar-refractivity contribution in [3.05, 3.63) is 27.8 Å². The summed E-state index contributed by atoms with van der Waals surface area (Å²) in [7, 11) is 1.00. The summed E-state index contributed by atoms with van der Waals surface area (Å²) >= 11 is 6.18. The molecule has 1 aromatic carbocycles. The van der Waals surface area contributed by atoms with E-state index >= 15 is 0 Å². The number of rotatable bonds is 5. The molecule has 0 fully saturated rings. The molecule has 1 rings (SSSR count). The maximum atomic E-state index is 11.7. The van der Waals surface area contributed by atoms with Crippen LogP contribution < -0.4 is 9.46 Å². The van der Waals surface area contributed by atoms with Gasteiger partial charge in [0, 0.05) is 31.2 Å². The molecule has 0 aliphatic rings. The average molecular weight is 307 g/mol.